The number of carbonyl (C=O) groups excluding carboxylic acids is 2. The number of benzene rings is 2. The van der Waals surface area contributed by atoms with Crippen molar-refractivity contribution in [2.24, 2.45) is 28.6 Å². The topological polar surface area (TPSA) is 86.0 Å². The zero-order valence-electron chi connectivity index (χ0n) is 27.3. The molecule has 244 valence electrons. The van der Waals surface area contributed by atoms with Crippen LogP contribution >= 0.6 is 0 Å². The third kappa shape index (κ3) is 5.93. The fraction of sp³-hybridized carbons (Fsp3) is 0.512. The van der Waals surface area contributed by atoms with Crippen LogP contribution in [0, 0.1) is 47.3 Å². The van der Waals surface area contributed by atoms with Gasteiger partial charge in [0.1, 0.15) is 18.0 Å². The molecular weight excluding hydrogens is 588 g/mol. The molecule has 0 spiro atoms. The van der Waals surface area contributed by atoms with Gasteiger partial charge in [0.2, 0.25) is 0 Å². The first-order chi connectivity index (χ1) is 22.7. The third-order valence-electron chi connectivity index (χ3n) is 12.0. The average Bonchev–Trinajstić information content (AvgIpc) is 3.59. The first-order valence-corrected chi connectivity index (χ1v) is 17.5. The molecule has 1 saturated heterocycles. The highest BCUT2D eigenvalue weighted by atomic mass is 16.6. The summed E-state index contributed by atoms with van der Waals surface area (Å²) in [5, 5.41) is 11.3. The van der Waals surface area contributed by atoms with Crippen LogP contribution in [0.15, 0.2) is 64.6 Å². The number of fused-ring (bicyclic) bond motifs is 1. The Hall–Kier alpha value is -3.82. The zero-order chi connectivity index (χ0) is 32.2. The SMILES string of the molecule is Cc1ccc(C#Cc2ccc3oc(CC4(C(=O)OC[C@]5(CO)C/C(=C\CC67CC8CC(CC(C8)C6)C7)C(=O)O5)CCC4)cc3c2)cc1. The monoisotopic (exact) mass is 632 g/mol. The molecule has 6 nitrogen and oxygen atoms in total. The summed E-state index contributed by atoms with van der Waals surface area (Å²) in [5.41, 5.74) is 2.86. The lowest BCUT2D eigenvalue weighted by Gasteiger charge is -2.56. The van der Waals surface area contributed by atoms with Crippen molar-refractivity contribution in [1.82, 2.24) is 0 Å². The summed E-state index contributed by atoms with van der Waals surface area (Å²) in [6.07, 6.45) is 14.0. The maximum atomic E-state index is 13.6. The van der Waals surface area contributed by atoms with Crippen LogP contribution < -0.4 is 0 Å². The van der Waals surface area contributed by atoms with Gasteiger partial charge in [-0.2, -0.15) is 0 Å². The van der Waals surface area contributed by atoms with E-state index in [0.29, 0.717) is 30.3 Å². The van der Waals surface area contributed by atoms with Crippen molar-refractivity contribution in [3.8, 4) is 11.8 Å². The number of aliphatic hydroxyl groups is 1. The number of carbonyl (C=O) groups is 2. The van der Waals surface area contributed by atoms with E-state index in [2.05, 4.69) is 37.0 Å². The van der Waals surface area contributed by atoms with Gasteiger partial charge in [-0.1, -0.05) is 42.0 Å². The maximum absolute atomic E-state index is 13.6. The molecule has 1 aliphatic heterocycles. The number of ether oxygens (including phenoxy) is 2. The summed E-state index contributed by atoms with van der Waals surface area (Å²) in [6.45, 7) is 1.53. The van der Waals surface area contributed by atoms with Gasteiger partial charge in [0, 0.05) is 34.9 Å². The number of rotatable bonds is 8. The van der Waals surface area contributed by atoms with Gasteiger partial charge in [-0.15, -0.1) is 0 Å². The Balaban J connectivity index is 0.912. The standard InChI is InChI=1S/C41H44O6/c1-27-3-5-28(6-4-27)7-8-29-9-10-36-34(18-29)19-35(46-36)24-40(12-2-13-40)38(44)45-26-41(25-42)23-33(37(43)47-41)11-14-39-20-30-15-31(21-39)17-32(16-30)22-39/h3-6,9-11,18-19,30-32,42H,2,12-17,20-26H2,1H3/b33-11+/t30?,31?,32?,39?,41-/m1/s1. The van der Waals surface area contributed by atoms with E-state index in [1.807, 2.05) is 36.4 Å². The average molecular weight is 633 g/mol. The summed E-state index contributed by atoms with van der Waals surface area (Å²) in [6, 6.07) is 16.0. The van der Waals surface area contributed by atoms with Gasteiger partial charge in [0.15, 0.2) is 5.60 Å². The van der Waals surface area contributed by atoms with Gasteiger partial charge in [0.25, 0.3) is 0 Å². The molecule has 0 radical (unpaired) electrons. The largest absolute Gasteiger partial charge is 0.461 e. The van der Waals surface area contributed by atoms with Crippen molar-refractivity contribution in [2.75, 3.05) is 13.2 Å². The van der Waals surface area contributed by atoms with Crippen LogP contribution in [0.5, 0.6) is 0 Å². The predicted octanol–water partition coefficient (Wildman–Crippen LogP) is 7.61. The molecule has 4 bridgehead atoms. The van der Waals surface area contributed by atoms with Crippen LogP contribution in [0.25, 0.3) is 11.0 Å². The molecular formula is C41H44O6. The Labute approximate surface area is 276 Å². The molecule has 5 aliphatic carbocycles. The van der Waals surface area contributed by atoms with Crippen LogP contribution in [0.3, 0.4) is 0 Å². The van der Waals surface area contributed by atoms with Crippen molar-refractivity contribution < 1.29 is 28.6 Å². The lowest BCUT2D eigenvalue weighted by molar-refractivity contribution is -0.177. The van der Waals surface area contributed by atoms with Crippen molar-refractivity contribution in [3.63, 3.8) is 0 Å². The number of allylic oxidation sites excluding steroid dienone is 1. The zero-order valence-corrected chi connectivity index (χ0v) is 27.3. The van der Waals surface area contributed by atoms with Crippen LogP contribution in [-0.2, 0) is 25.5 Å². The van der Waals surface area contributed by atoms with Gasteiger partial charge < -0.3 is 19.0 Å². The lowest BCUT2D eigenvalue weighted by Crippen LogP contribution is -2.45. The minimum atomic E-state index is -1.22. The Kier molecular flexibility index (Phi) is 7.60. The number of hydrogen-bond donors (Lipinski definition) is 1. The maximum Gasteiger partial charge on any atom is 0.334 e. The number of furan rings is 1. The second-order valence-electron chi connectivity index (χ2n) is 15.7. The van der Waals surface area contributed by atoms with E-state index in [1.165, 1.54) is 44.1 Å². The Morgan fingerprint density at radius 1 is 0.979 bits per heavy atom. The predicted molar refractivity (Wildman–Crippen MR) is 178 cm³/mol. The van der Waals surface area contributed by atoms with Crippen molar-refractivity contribution >= 4 is 22.9 Å². The number of aliphatic hydroxyl groups excluding tert-OH is 1. The third-order valence-corrected chi connectivity index (χ3v) is 12.0. The summed E-state index contributed by atoms with van der Waals surface area (Å²) in [7, 11) is 0. The van der Waals surface area contributed by atoms with Gasteiger partial charge in [0.05, 0.1) is 12.0 Å². The quantitative estimate of drug-likeness (QED) is 0.156. The normalized spacial score (nSPS) is 31.0. The Bertz CT molecular complexity index is 1760. The van der Waals surface area contributed by atoms with E-state index in [9.17, 15) is 14.7 Å². The molecule has 6 fully saturated rings. The molecule has 47 heavy (non-hydrogen) atoms. The summed E-state index contributed by atoms with van der Waals surface area (Å²) < 4.78 is 17.8. The van der Waals surface area contributed by atoms with E-state index in [4.69, 9.17) is 13.9 Å². The van der Waals surface area contributed by atoms with Gasteiger partial charge in [-0.3, -0.25) is 4.79 Å². The fourth-order valence-electron chi connectivity index (χ4n) is 9.75. The number of hydrogen-bond acceptors (Lipinski definition) is 6. The molecule has 6 heteroatoms. The molecule has 6 aliphatic rings. The molecule has 5 saturated carbocycles. The van der Waals surface area contributed by atoms with Gasteiger partial charge in [-0.05, 0) is 124 Å². The van der Waals surface area contributed by atoms with Crippen LogP contribution in [0.2, 0.25) is 0 Å². The first kappa shape index (κ1) is 30.5. The van der Waals surface area contributed by atoms with Crippen molar-refractivity contribution in [1.29, 1.82) is 0 Å². The fourth-order valence-corrected chi connectivity index (χ4v) is 9.75. The van der Waals surface area contributed by atoms with E-state index in [1.54, 1.807) is 0 Å². The molecule has 0 amide bonds. The number of aryl methyl sites for hydroxylation is 1. The van der Waals surface area contributed by atoms with E-state index in [-0.39, 0.29) is 31.6 Å². The molecule has 0 unspecified atom stereocenters. The number of esters is 2. The van der Waals surface area contributed by atoms with Crippen molar-refractivity contribution in [2.45, 2.75) is 89.6 Å². The molecule has 1 atom stereocenters. The van der Waals surface area contributed by atoms with E-state index >= 15 is 0 Å². The minimum absolute atomic E-state index is 0.145. The minimum Gasteiger partial charge on any atom is -0.461 e. The highest BCUT2D eigenvalue weighted by Crippen LogP contribution is 2.61. The summed E-state index contributed by atoms with van der Waals surface area (Å²) >= 11 is 0. The molecule has 9 rings (SSSR count). The molecule has 2 aromatic carbocycles. The molecule has 1 aromatic heterocycles. The van der Waals surface area contributed by atoms with Gasteiger partial charge in [-0.25, -0.2) is 4.79 Å². The summed E-state index contributed by atoms with van der Waals surface area (Å²) in [4.78, 5) is 26.6. The number of cyclic esters (lactones) is 1. The first-order valence-electron chi connectivity index (χ1n) is 17.5. The van der Waals surface area contributed by atoms with Crippen LogP contribution in [-0.4, -0.2) is 35.9 Å². The highest BCUT2D eigenvalue weighted by molar-refractivity contribution is 5.91. The Morgan fingerprint density at radius 2 is 1.66 bits per heavy atom. The molecule has 3 aromatic rings. The molecule has 1 N–H and O–H groups in total. The highest BCUT2D eigenvalue weighted by Gasteiger charge is 2.52. The van der Waals surface area contributed by atoms with Crippen LogP contribution in [0.1, 0.15) is 93.1 Å². The van der Waals surface area contributed by atoms with E-state index in [0.717, 1.165) is 58.5 Å². The van der Waals surface area contributed by atoms with Gasteiger partial charge >= 0.3 is 11.9 Å². The van der Waals surface area contributed by atoms with E-state index < -0.39 is 11.0 Å². The Morgan fingerprint density at radius 3 is 2.32 bits per heavy atom. The van der Waals surface area contributed by atoms with Crippen LogP contribution in [0.4, 0.5) is 0 Å². The second-order valence-corrected chi connectivity index (χ2v) is 15.7. The van der Waals surface area contributed by atoms with Crippen molar-refractivity contribution in [3.05, 3.63) is 82.6 Å². The molecule has 2 heterocycles. The smallest absolute Gasteiger partial charge is 0.334 e. The second kappa shape index (κ2) is 11.7. The summed E-state index contributed by atoms with van der Waals surface area (Å²) in [5.74, 6) is 9.05. The lowest BCUT2D eigenvalue weighted by atomic mass is 9.49.